The second-order valence-corrected chi connectivity index (χ2v) is 9.04. The number of thioether (sulfide) groups is 1. The zero-order chi connectivity index (χ0) is 19.3. The van der Waals surface area contributed by atoms with Gasteiger partial charge in [0.2, 0.25) is 0 Å². The maximum Gasteiger partial charge on any atom is 0.327 e. The maximum atomic E-state index is 13.2. The van der Waals surface area contributed by atoms with Gasteiger partial charge in [0, 0.05) is 0 Å². The average Bonchev–Trinajstić information content (AvgIpc) is 3.12. The van der Waals surface area contributed by atoms with E-state index in [1.54, 1.807) is 18.4 Å². The van der Waals surface area contributed by atoms with Crippen molar-refractivity contribution in [1.82, 2.24) is 9.62 Å². The molecule has 1 saturated heterocycles. The largest absolute Gasteiger partial charge is 0.480 e. The molecule has 7 nitrogen and oxygen atoms in total. The van der Waals surface area contributed by atoms with Crippen LogP contribution in [0.3, 0.4) is 0 Å². The Bertz CT molecular complexity index is 743. The van der Waals surface area contributed by atoms with Gasteiger partial charge in [-0.15, -0.1) is 0 Å². The number of sulfonamides is 1. The van der Waals surface area contributed by atoms with Crippen molar-refractivity contribution in [3.63, 3.8) is 0 Å². The summed E-state index contributed by atoms with van der Waals surface area (Å²) in [7, 11) is -4.28. The van der Waals surface area contributed by atoms with E-state index in [1.807, 2.05) is 6.92 Å². The molecule has 9 heteroatoms. The molecule has 2 rings (SSSR count). The minimum absolute atomic E-state index is 0.0556. The van der Waals surface area contributed by atoms with E-state index in [4.69, 9.17) is 0 Å². The molecule has 0 bridgehead atoms. The van der Waals surface area contributed by atoms with Crippen LogP contribution >= 0.6 is 11.8 Å². The number of carboxylic acid groups (broad SMARTS) is 1. The number of nitrogens with one attached hydrogen (secondary N) is 1. The van der Waals surface area contributed by atoms with E-state index in [9.17, 15) is 23.1 Å². The molecule has 0 radical (unpaired) electrons. The summed E-state index contributed by atoms with van der Waals surface area (Å²) in [6, 6.07) is 3.96. The van der Waals surface area contributed by atoms with Gasteiger partial charge in [-0.2, -0.15) is 11.8 Å². The molecule has 26 heavy (non-hydrogen) atoms. The maximum absolute atomic E-state index is 13.2. The molecule has 1 aliphatic rings. The van der Waals surface area contributed by atoms with Gasteiger partial charge in [-0.3, -0.25) is 4.79 Å². The third kappa shape index (κ3) is 4.57. The van der Waals surface area contributed by atoms with Crippen molar-refractivity contribution in [3.8, 4) is 0 Å². The number of carboxylic acids is 1. The fourth-order valence-electron chi connectivity index (χ4n) is 2.88. The van der Waals surface area contributed by atoms with Crippen LogP contribution < -0.4 is 5.32 Å². The lowest BCUT2D eigenvalue weighted by atomic mass is 10.1. The molecule has 1 heterocycles. The highest BCUT2D eigenvalue weighted by atomic mass is 32.2. The fourth-order valence-corrected chi connectivity index (χ4v) is 4.94. The molecule has 1 fully saturated rings. The van der Waals surface area contributed by atoms with Crippen LogP contribution in [0.5, 0.6) is 0 Å². The van der Waals surface area contributed by atoms with Gasteiger partial charge in [-0.25, -0.2) is 17.5 Å². The summed E-state index contributed by atoms with van der Waals surface area (Å²) in [6.07, 6.45) is 3.10. The molecule has 0 aromatic heterocycles. The average molecular weight is 401 g/mol. The van der Waals surface area contributed by atoms with Crippen molar-refractivity contribution in [2.24, 2.45) is 0 Å². The molecule has 0 unspecified atom stereocenters. The van der Waals surface area contributed by atoms with E-state index in [-0.39, 0.29) is 11.3 Å². The summed E-state index contributed by atoms with van der Waals surface area (Å²) >= 11 is 1.41. The van der Waals surface area contributed by atoms with Crippen molar-refractivity contribution in [2.45, 2.75) is 43.2 Å². The second-order valence-electron chi connectivity index (χ2n) is 6.24. The van der Waals surface area contributed by atoms with Crippen molar-refractivity contribution < 1.29 is 23.1 Å². The third-order valence-electron chi connectivity index (χ3n) is 4.32. The van der Waals surface area contributed by atoms with E-state index in [2.05, 4.69) is 5.32 Å². The number of nitrogens with zero attached hydrogens (tertiary/aromatic N) is 1. The quantitative estimate of drug-likeness (QED) is 0.681. The molecule has 0 saturated carbocycles. The van der Waals surface area contributed by atoms with Crippen LogP contribution in [-0.4, -0.2) is 60.3 Å². The molecule has 0 spiro atoms. The summed E-state index contributed by atoms with van der Waals surface area (Å²) in [5.74, 6) is -1.58. The first kappa shape index (κ1) is 20.7. The van der Waals surface area contributed by atoms with Crippen LogP contribution in [-0.2, 0) is 19.6 Å². The van der Waals surface area contributed by atoms with Crippen LogP contribution in [0, 0.1) is 6.92 Å². The second kappa shape index (κ2) is 8.88. The van der Waals surface area contributed by atoms with Crippen molar-refractivity contribution in [1.29, 1.82) is 0 Å². The molecule has 2 N–H and O–H groups in total. The first-order valence-corrected chi connectivity index (χ1v) is 11.2. The smallest absolute Gasteiger partial charge is 0.327 e. The summed E-state index contributed by atoms with van der Waals surface area (Å²) in [6.45, 7) is 2.43. The number of hydrogen-bond donors (Lipinski definition) is 2. The molecular formula is C17H24N2O5S2. The predicted octanol–water partition coefficient (Wildman–Crippen LogP) is 1.47. The molecule has 1 aromatic rings. The highest BCUT2D eigenvalue weighted by molar-refractivity contribution is 7.98. The minimum atomic E-state index is -4.28. The van der Waals surface area contributed by atoms with Gasteiger partial charge in [-0.1, -0.05) is 17.7 Å². The van der Waals surface area contributed by atoms with Gasteiger partial charge in [0.1, 0.15) is 6.04 Å². The Kier molecular flexibility index (Phi) is 7.08. The first-order chi connectivity index (χ1) is 12.3. The van der Waals surface area contributed by atoms with Gasteiger partial charge in [0.15, 0.2) is 0 Å². The van der Waals surface area contributed by atoms with Gasteiger partial charge < -0.3 is 10.4 Å². The molecule has 1 aliphatic heterocycles. The summed E-state index contributed by atoms with van der Waals surface area (Å²) in [4.78, 5) is 24.7. The van der Waals surface area contributed by atoms with Crippen molar-refractivity contribution in [2.75, 3.05) is 18.6 Å². The number of carbonyl (C=O) groups is 2. The van der Waals surface area contributed by atoms with Crippen molar-refractivity contribution >= 4 is 33.7 Å². The summed E-state index contributed by atoms with van der Waals surface area (Å²) in [5, 5.41) is 12.6. The lowest BCUT2D eigenvalue weighted by molar-refractivity contribution is -0.146. The molecular weight excluding hydrogens is 376 g/mol. The normalized spacial score (nSPS) is 18.5. The fraction of sp³-hybridized carbons (Fsp3) is 0.529. The lowest BCUT2D eigenvalue weighted by Crippen LogP contribution is -2.54. The van der Waals surface area contributed by atoms with E-state index in [0.717, 1.165) is 12.0 Å². The van der Waals surface area contributed by atoms with Gasteiger partial charge in [0.25, 0.3) is 15.9 Å². The Morgan fingerprint density at radius 2 is 2.00 bits per heavy atom. The predicted molar refractivity (Wildman–Crippen MR) is 101 cm³/mol. The van der Waals surface area contributed by atoms with Gasteiger partial charge in [0.05, 0.1) is 10.9 Å². The Balaban J connectivity index is 2.48. The SMILES string of the molecule is CSCC[C@@H](C(=O)O)N(C(=O)[C@@H]1CCCN1)S(=O)(=O)c1ccc(C)cc1. The van der Waals surface area contributed by atoms with E-state index >= 15 is 0 Å². The van der Waals surface area contributed by atoms with Crippen molar-refractivity contribution in [3.05, 3.63) is 29.8 Å². The highest BCUT2D eigenvalue weighted by Gasteiger charge is 2.42. The molecule has 1 aromatic carbocycles. The molecule has 144 valence electrons. The Morgan fingerprint density at radius 1 is 1.35 bits per heavy atom. The van der Waals surface area contributed by atoms with Crippen LogP contribution in [0.15, 0.2) is 29.2 Å². The van der Waals surface area contributed by atoms with Gasteiger partial charge in [-0.05, 0) is 56.9 Å². The molecule has 1 amide bonds. The monoisotopic (exact) mass is 400 g/mol. The van der Waals surface area contributed by atoms with Gasteiger partial charge >= 0.3 is 5.97 Å². The number of amides is 1. The zero-order valence-corrected chi connectivity index (χ0v) is 16.5. The number of benzene rings is 1. The number of rotatable bonds is 8. The Hall–Kier alpha value is -1.58. The summed E-state index contributed by atoms with van der Waals surface area (Å²) in [5.41, 5.74) is 0.872. The summed E-state index contributed by atoms with van der Waals surface area (Å²) < 4.78 is 26.9. The van der Waals surface area contributed by atoms with E-state index in [1.165, 1.54) is 23.9 Å². The van der Waals surface area contributed by atoms with E-state index in [0.29, 0.717) is 23.0 Å². The first-order valence-electron chi connectivity index (χ1n) is 8.39. The molecule has 0 aliphatic carbocycles. The topological polar surface area (TPSA) is 104 Å². The van der Waals surface area contributed by atoms with Crippen LogP contribution in [0.1, 0.15) is 24.8 Å². The number of hydrogen-bond acceptors (Lipinski definition) is 6. The Labute approximate surface area is 158 Å². The van der Waals surface area contributed by atoms with Crippen LogP contribution in [0.2, 0.25) is 0 Å². The number of aliphatic carboxylic acids is 1. The van der Waals surface area contributed by atoms with Crippen LogP contribution in [0.4, 0.5) is 0 Å². The zero-order valence-electron chi connectivity index (χ0n) is 14.8. The van der Waals surface area contributed by atoms with E-state index < -0.39 is 34.0 Å². The highest BCUT2D eigenvalue weighted by Crippen LogP contribution is 2.24. The molecule has 2 atom stereocenters. The van der Waals surface area contributed by atoms with Crippen LogP contribution in [0.25, 0.3) is 0 Å². The Morgan fingerprint density at radius 3 is 2.50 bits per heavy atom. The number of aryl methyl sites for hydroxylation is 1. The standard InChI is InChI=1S/C17H24N2O5S2/c1-12-5-7-13(8-6-12)26(23,24)19(15(17(21)22)9-11-25-2)16(20)14-4-3-10-18-14/h5-8,14-15,18H,3-4,9-11H2,1-2H3,(H,21,22)/t14-,15-/m0/s1. The third-order valence-corrected chi connectivity index (χ3v) is 6.78. The minimum Gasteiger partial charge on any atom is -0.480 e. The lowest BCUT2D eigenvalue weighted by Gasteiger charge is -2.30. The number of carbonyl (C=O) groups excluding carboxylic acids is 1.